The Morgan fingerprint density at radius 3 is 2.55 bits per heavy atom. The molecule has 2 nitrogen and oxygen atoms in total. The molecule has 0 heterocycles. The molecule has 0 saturated carbocycles. The molecule has 0 aromatic heterocycles. The van der Waals surface area contributed by atoms with Gasteiger partial charge in [-0.15, -0.1) is 0 Å². The first kappa shape index (κ1) is 8.08. The van der Waals surface area contributed by atoms with Crippen molar-refractivity contribution in [3.8, 4) is 0 Å². The third-order valence-corrected chi connectivity index (χ3v) is 1.80. The number of benzene rings is 1. The summed E-state index contributed by atoms with van der Waals surface area (Å²) in [6, 6.07) is 8.21. The van der Waals surface area contributed by atoms with Crippen LogP contribution in [-0.2, 0) is 0 Å². The largest absolute Gasteiger partial charge is 0.362 e. The highest BCUT2D eigenvalue weighted by Crippen LogP contribution is 2.16. The number of nitrogens with zero attached hydrogens (tertiary/aromatic N) is 1. The van der Waals surface area contributed by atoms with Gasteiger partial charge in [0.2, 0.25) is 0 Å². The second-order valence-corrected chi connectivity index (χ2v) is 2.67. The average Bonchev–Trinajstić information content (AvgIpc) is 2.04. The second kappa shape index (κ2) is 3.39. The molecule has 0 amide bonds. The standard InChI is InChI=1S/C9H14N2/c1-8-5-3-4-6-9(8)11(2)7-10/h3-6H,7,10H2,1-2H3. The van der Waals surface area contributed by atoms with Crippen LogP contribution in [0.1, 0.15) is 5.56 Å². The molecule has 0 bridgehead atoms. The lowest BCUT2D eigenvalue weighted by atomic mass is 10.2. The molecular formula is C9H14N2. The van der Waals surface area contributed by atoms with Crippen LogP contribution in [0.15, 0.2) is 24.3 Å². The van der Waals surface area contributed by atoms with Crippen molar-refractivity contribution in [2.75, 3.05) is 18.6 Å². The average molecular weight is 150 g/mol. The van der Waals surface area contributed by atoms with Crippen molar-refractivity contribution in [3.63, 3.8) is 0 Å². The third-order valence-electron chi connectivity index (χ3n) is 1.80. The molecule has 2 N–H and O–H groups in total. The zero-order valence-electron chi connectivity index (χ0n) is 7.04. The molecule has 2 heteroatoms. The molecule has 0 aliphatic rings. The normalized spacial score (nSPS) is 9.73. The molecule has 0 atom stereocenters. The number of hydrogen-bond acceptors (Lipinski definition) is 2. The van der Waals surface area contributed by atoms with Gasteiger partial charge in [0.05, 0.1) is 6.67 Å². The monoisotopic (exact) mass is 150 g/mol. The van der Waals surface area contributed by atoms with Crippen LogP contribution in [-0.4, -0.2) is 13.7 Å². The Hall–Kier alpha value is -1.02. The maximum Gasteiger partial charge on any atom is 0.0653 e. The minimum Gasteiger partial charge on any atom is -0.362 e. The summed E-state index contributed by atoms with van der Waals surface area (Å²) in [4.78, 5) is 2.02. The lowest BCUT2D eigenvalue weighted by Gasteiger charge is -2.18. The van der Waals surface area contributed by atoms with Gasteiger partial charge in [0.15, 0.2) is 0 Å². The summed E-state index contributed by atoms with van der Waals surface area (Å²) in [5.41, 5.74) is 7.97. The summed E-state index contributed by atoms with van der Waals surface area (Å²) < 4.78 is 0. The summed E-state index contributed by atoms with van der Waals surface area (Å²) in [6.07, 6.45) is 0. The zero-order chi connectivity index (χ0) is 8.27. The molecule has 1 aromatic rings. The number of nitrogens with two attached hydrogens (primary N) is 1. The third kappa shape index (κ3) is 1.71. The molecule has 11 heavy (non-hydrogen) atoms. The van der Waals surface area contributed by atoms with Gasteiger partial charge in [0, 0.05) is 12.7 Å². The SMILES string of the molecule is Cc1ccccc1N(C)CN. The number of aryl methyl sites for hydroxylation is 1. The van der Waals surface area contributed by atoms with Crippen molar-refractivity contribution in [2.24, 2.45) is 5.73 Å². The van der Waals surface area contributed by atoms with Gasteiger partial charge >= 0.3 is 0 Å². The van der Waals surface area contributed by atoms with E-state index in [0.29, 0.717) is 6.67 Å². The molecule has 0 saturated heterocycles. The molecule has 0 radical (unpaired) electrons. The van der Waals surface area contributed by atoms with Crippen molar-refractivity contribution in [1.29, 1.82) is 0 Å². The second-order valence-electron chi connectivity index (χ2n) is 2.67. The molecule has 1 rings (SSSR count). The van der Waals surface area contributed by atoms with Gasteiger partial charge in [0.1, 0.15) is 0 Å². The van der Waals surface area contributed by atoms with E-state index in [4.69, 9.17) is 5.73 Å². The first-order chi connectivity index (χ1) is 5.25. The van der Waals surface area contributed by atoms with E-state index < -0.39 is 0 Å². The van der Waals surface area contributed by atoms with Crippen LogP contribution in [0.2, 0.25) is 0 Å². The van der Waals surface area contributed by atoms with Gasteiger partial charge in [-0.2, -0.15) is 0 Å². The fraction of sp³-hybridized carbons (Fsp3) is 0.333. The van der Waals surface area contributed by atoms with Gasteiger partial charge in [-0.1, -0.05) is 18.2 Å². The number of hydrogen-bond donors (Lipinski definition) is 1. The first-order valence-electron chi connectivity index (χ1n) is 3.72. The molecular weight excluding hydrogens is 136 g/mol. The maximum absolute atomic E-state index is 5.50. The van der Waals surface area contributed by atoms with E-state index in [2.05, 4.69) is 19.1 Å². The highest BCUT2D eigenvalue weighted by Gasteiger charge is 1.99. The number of para-hydroxylation sites is 1. The zero-order valence-corrected chi connectivity index (χ0v) is 7.04. The molecule has 0 aliphatic carbocycles. The van der Waals surface area contributed by atoms with E-state index in [1.54, 1.807) is 0 Å². The summed E-state index contributed by atoms with van der Waals surface area (Å²) >= 11 is 0. The van der Waals surface area contributed by atoms with Crippen LogP contribution in [0.5, 0.6) is 0 Å². The fourth-order valence-corrected chi connectivity index (χ4v) is 1.09. The van der Waals surface area contributed by atoms with Gasteiger partial charge in [-0.25, -0.2) is 0 Å². The van der Waals surface area contributed by atoms with E-state index in [9.17, 15) is 0 Å². The molecule has 0 aliphatic heterocycles. The highest BCUT2D eigenvalue weighted by atomic mass is 15.1. The summed E-state index contributed by atoms with van der Waals surface area (Å²) in [7, 11) is 1.99. The minimum atomic E-state index is 0.560. The molecule has 1 aromatic carbocycles. The molecule has 0 spiro atoms. The van der Waals surface area contributed by atoms with Crippen LogP contribution >= 0.6 is 0 Å². The maximum atomic E-state index is 5.50. The first-order valence-corrected chi connectivity index (χ1v) is 3.72. The van der Waals surface area contributed by atoms with E-state index in [1.165, 1.54) is 11.3 Å². The lowest BCUT2D eigenvalue weighted by Crippen LogP contribution is -2.25. The Bertz CT molecular complexity index is 233. The van der Waals surface area contributed by atoms with Crippen molar-refractivity contribution >= 4 is 5.69 Å². The Kier molecular flexibility index (Phi) is 2.49. The molecule has 0 unspecified atom stereocenters. The summed E-state index contributed by atoms with van der Waals surface area (Å²) in [5, 5.41) is 0. The van der Waals surface area contributed by atoms with Gasteiger partial charge < -0.3 is 10.6 Å². The van der Waals surface area contributed by atoms with E-state index in [1.807, 2.05) is 24.1 Å². The van der Waals surface area contributed by atoms with E-state index in [-0.39, 0.29) is 0 Å². The smallest absolute Gasteiger partial charge is 0.0653 e. The Labute approximate surface area is 67.6 Å². The molecule has 60 valence electrons. The topological polar surface area (TPSA) is 29.3 Å². The number of rotatable bonds is 2. The minimum absolute atomic E-state index is 0.560. The van der Waals surface area contributed by atoms with E-state index in [0.717, 1.165) is 0 Å². The van der Waals surface area contributed by atoms with Gasteiger partial charge in [-0.05, 0) is 18.6 Å². The Balaban J connectivity index is 2.93. The van der Waals surface area contributed by atoms with Gasteiger partial charge in [0.25, 0.3) is 0 Å². The van der Waals surface area contributed by atoms with Crippen molar-refractivity contribution < 1.29 is 0 Å². The van der Waals surface area contributed by atoms with Crippen molar-refractivity contribution in [2.45, 2.75) is 6.92 Å². The summed E-state index contributed by atoms with van der Waals surface area (Å²) in [5.74, 6) is 0. The van der Waals surface area contributed by atoms with Crippen LogP contribution in [0, 0.1) is 6.92 Å². The predicted octanol–water partition coefficient (Wildman–Crippen LogP) is 1.35. The molecule has 0 fully saturated rings. The quantitative estimate of drug-likeness (QED) is 0.645. The predicted molar refractivity (Wildman–Crippen MR) is 48.6 cm³/mol. The van der Waals surface area contributed by atoms with Crippen LogP contribution in [0.4, 0.5) is 5.69 Å². The Morgan fingerprint density at radius 1 is 1.36 bits per heavy atom. The van der Waals surface area contributed by atoms with Crippen molar-refractivity contribution in [3.05, 3.63) is 29.8 Å². The van der Waals surface area contributed by atoms with Crippen LogP contribution in [0.25, 0.3) is 0 Å². The lowest BCUT2D eigenvalue weighted by molar-refractivity contribution is 0.927. The summed E-state index contributed by atoms with van der Waals surface area (Å²) in [6.45, 7) is 2.65. The highest BCUT2D eigenvalue weighted by molar-refractivity contribution is 5.51. The fourth-order valence-electron chi connectivity index (χ4n) is 1.09. The van der Waals surface area contributed by atoms with Crippen LogP contribution < -0.4 is 10.6 Å². The van der Waals surface area contributed by atoms with Crippen molar-refractivity contribution in [1.82, 2.24) is 0 Å². The Morgan fingerprint density at radius 2 is 2.00 bits per heavy atom. The van der Waals surface area contributed by atoms with Gasteiger partial charge in [-0.3, -0.25) is 0 Å². The van der Waals surface area contributed by atoms with E-state index >= 15 is 0 Å². The van der Waals surface area contributed by atoms with Crippen LogP contribution in [0.3, 0.4) is 0 Å². The number of anilines is 1.